The van der Waals surface area contributed by atoms with Crippen molar-refractivity contribution < 1.29 is 10.0 Å². The van der Waals surface area contributed by atoms with E-state index in [0.29, 0.717) is 5.56 Å². The number of nitro benzene ring substituents is 1. The molecule has 0 spiro atoms. The second kappa shape index (κ2) is 3.93. The number of benzene rings is 1. The molecule has 0 aromatic heterocycles. The number of nitrogens with two attached hydrogens (primary N) is 1. The number of aromatic hydroxyl groups is 1. The number of phenolic OH excluding ortho intramolecular Hbond substituents is 1. The first-order chi connectivity index (χ1) is 6.43. The van der Waals surface area contributed by atoms with Crippen molar-refractivity contribution in [2.45, 2.75) is 13.0 Å². The minimum atomic E-state index is -0.532. The van der Waals surface area contributed by atoms with E-state index in [4.69, 9.17) is 5.73 Å². The van der Waals surface area contributed by atoms with Gasteiger partial charge < -0.3 is 10.8 Å². The maximum absolute atomic E-state index is 10.5. The Morgan fingerprint density at radius 2 is 2.21 bits per heavy atom. The van der Waals surface area contributed by atoms with E-state index in [2.05, 4.69) is 15.9 Å². The zero-order chi connectivity index (χ0) is 10.9. The van der Waals surface area contributed by atoms with E-state index < -0.39 is 11.0 Å². The van der Waals surface area contributed by atoms with Crippen LogP contribution in [0.2, 0.25) is 0 Å². The number of hydrogen-bond donors (Lipinski definition) is 2. The number of phenols is 1. The molecule has 0 bridgehead atoms. The highest BCUT2D eigenvalue weighted by Crippen LogP contribution is 2.34. The molecule has 0 fully saturated rings. The summed E-state index contributed by atoms with van der Waals surface area (Å²) in [7, 11) is 0. The summed E-state index contributed by atoms with van der Waals surface area (Å²) in [6.45, 7) is 1.64. The Kier molecular flexibility index (Phi) is 3.07. The van der Waals surface area contributed by atoms with Gasteiger partial charge in [0, 0.05) is 23.7 Å². The van der Waals surface area contributed by atoms with Crippen LogP contribution in [-0.2, 0) is 0 Å². The predicted octanol–water partition coefficient (Wildman–Crippen LogP) is 2.08. The molecule has 0 unspecified atom stereocenters. The molecule has 0 saturated heterocycles. The van der Waals surface area contributed by atoms with Crippen molar-refractivity contribution in [1.29, 1.82) is 0 Å². The van der Waals surface area contributed by atoms with Gasteiger partial charge in [-0.2, -0.15) is 0 Å². The molecular weight excluding hydrogens is 252 g/mol. The number of rotatable bonds is 2. The first-order valence-electron chi connectivity index (χ1n) is 3.86. The highest BCUT2D eigenvalue weighted by molar-refractivity contribution is 9.10. The van der Waals surface area contributed by atoms with Crippen LogP contribution in [0.15, 0.2) is 16.6 Å². The molecule has 76 valence electrons. The topological polar surface area (TPSA) is 89.4 Å². The van der Waals surface area contributed by atoms with E-state index in [1.807, 2.05) is 0 Å². The fourth-order valence-electron chi connectivity index (χ4n) is 1.06. The third-order valence-corrected chi connectivity index (χ3v) is 2.38. The molecule has 0 heterocycles. The quantitative estimate of drug-likeness (QED) is 0.630. The van der Waals surface area contributed by atoms with E-state index in [1.165, 1.54) is 12.1 Å². The summed E-state index contributed by atoms with van der Waals surface area (Å²) in [6, 6.07) is 2.05. The summed E-state index contributed by atoms with van der Waals surface area (Å²) in [6.07, 6.45) is 0. The van der Waals surface area contributed by atoms with Gasteiger partial charge in [0.05, 0.1) is 9.40 Å². The Morgan fingerprint density at radius 3 is 2.64 bits per heavy atom. The Hall–Kier alpha value is -1.14. The standard InChI is InChI=1S/C8H9BrN2O3/c1-4(10)6-2-5(11(13)14)3-7(9)8(6)12/h2-4,12H,10H2,1H3/t4-/m1/s1. The van der Waals surface area contributed by atoms with Crippen LogP contribution < -0.4 is 5.73 Å². The van der Waals surface area contributed by atoms with E-state index >= 15 is 0 Å². The molecule has 0 aliphatic carbocycles. The first kappa shape index (κ1) is 10.9. The molecule has 1 aromatic rings. The van der Waals surface area contributed by atoms with Gasteiger partial charge in [-0.05, 0) is 22.9 Å². The van der Waals surface area contributed by atoms with Crippen LogP contribution in [0.4, 0.5) is 5.69 Å². The number of non-ortho nitro benzene ring substituents is 1. The van der Waals surface area contributed by atoms with E-state index in [9.17, 15) is 15.2 Å². The van der Waals surface area contributed by atoms with Crippen LogP contribution in [0, 0.1) is 10.1 Å². The number of nitro groups is 1. The van der Waals surface area contributed by atoms with Gasteiger partial charge in [-0.3, -0.25) is 10.1 Å². The van der Waals surface area contributed by atoms with Crippen LogP contribution in [0.5, 0.6) is 5.75 Å². The van der Waals surface area contributed by atoms with Crippen molar-refractivity contribution in [3.63, 3.8) is 0 Å². The third kappa shape index (κ3) is 2.02. The van der Waals surface area contributed by atoms with Gasteiger partial charge in [-0.15, -0.1) is 0 Å². The zero-order valence-corrected chi connectivity index (χ0v) is 8.98. The Bertz CT molecular complexity index is 379. The Labute approximate surface area is 88.8 Å². The maximum Gasteiger partial charge on any atom is 0.271 e. The molecule has 0 radical (unpaired) electrons. The monoisotopic (exact) mass is 260 g/mol. The molecule has 0 saturated carbocycles. The van der Waals surface area contributed by atoms with Crippen LogP contribution in [-0.4, -0.2) is 10.0 Å². The summed E-state index contributed by atoms with van der Waals surface area (Å²) < 4.78 is 0.277. The fraction of sp³-hybridized carbons (Fsp3) is 0.250. The third-order valence-electron chi connectivity index (χ3n) is 1.78. The van der Waals surface area contributed by atoms with E-state index in [1.54, 1.807) is 6.92 Å². The second-order valence-corrected chi connectivity index (χ2v) is 3.77. The lowest BCUT2D eigenvalue weighted by Gasteiger charge is -2.09. The number of nitrogens with zero attached hydrogens (tertiary/aromatic N) is 1. The molecule has 14 heavy (non-hydrogen) atoms. The minimum absolute atomic E-state index is 0.0504. The summed E-state index contributed by atoms with van der Waals surface area (Å²) in [5.41, 5.74) is 5.81. The SMILES string of the molecule is C[C@@H](N)c1cc([N+](=O)[O-])cc(Br)c1O. The van der Waals surface area contributed by atoms with Crippen LogP contribution in [0.25, 0.3) is 0 Å². The fourth-order valence-corrected chi connectivity index (χ4v) is 1.52. The molecular formula is C8H9BrN2O3. The normalized spacial score (nSPS) is 12.5. The largest absolute Gasteiger partial charge is 0.506 e. The molecule has 5 nitrogen and oxygen atoms in total. The molecule has 0 aliphatic heterocycles. The average Bonchev–Trinajstić information content (AvgIpc) is 2.08. The van der Waals surface area contributed by atoms with Gasteiger partial charge in [-0.25, -0.2) is 0 Å². The molecule has 0 aliphatic rings. The van der Waals surface area contributed by atoms with Gasteiger partial charge >= 0.3 is 0 Å². The van der Waals surface area contributed by atoms with Crippen molar-refractivity contribution in [3.8, 4) is 5.75 Å². The smallest absolute Gasteiger partial charge is 0.271 e. The molecule has 0 amide bonds. The molecule has 6 heteroatoms. The van der Waals surface area contributed by atoms with Gasteiger partial charge in [-0.1, -0.05) is 0 Å². The molecule has 1 aromatic carbocycles. The summed E-state index contributed by atoms with van der Waals surface area (Å²) in [4.78, 5) is 9.97. The Balaban J connectivity index is 3.35. The lowest BCUT2D eigenvalue weighted by molar-refractivity contribution is -0.385. The van der Waals surface area contributed by atoms with Crippen molar-refractivity contribution in [3.05, 3.63) is 32.3 Å². The van der Waals surface area contributed by atoms with Crippen LogP contribution >= 0.6 is 15.9 Å². The minimum Gasteiger partial charge on any atom is -0.506 e. The van der Waals surface area contributed by atoms with Crippen molar-refractivity contribution in [2.24, 2.45) is 5.73 Å². The van der Waals surface area contributed by atoms with Crippen LogP contribution in [0.1, 0.15) is 18.5 Å². The Morgan fingerprint density at radius 1 is 1.64 bits per heavy atom. The highest BCUT2D eigenvalue weighted by Gasteiger charge is 2.16. The number of hydrogen-bond acceptors (Lipinski definition) is 4. The van der Waals surface area contributed by atoms with Crippen molar-refractivity contribution in [1.82, 2.24) is 0 Å². The molecule has 1 rings (SSSR count). The molecule has 3 N–H and O–H groups in total. The second-order valence-electron chi connectivity index (χ2n) is 2.91. The van der Waals surface area contributed by atoms with Gasteiger partial charge in [0.2, 0.25) is 0 Å². The summed E-state index contributed by atoms with van der Waals surface area (Å²) in [5.74, 6) is -0.0504. The summed E-state index contributed by atoms with van der Waals surface area (Å²) in [5, 5.41) is 20.0. The summed E-state index contributed by atoms with van der Waals surface area (Å²) >= 11 is 3.02. The lowest BCUT2D eigenvalue weighted by atomic mass is 10.1. The first-order valence-corrected chi connectivity index (χ1v) is 4.65. The highest BCUT2D eigenvalue weighted by atomic mass is 79.9. The van der Waals surface area contributed by atoms with Gasteiger partial charge in [0.15, 0.2) is 0 Å². The maximum atomic E-state index is 10.5. The lowest BCUT2D eigenvalue weighted by Crippen LogP contribution is -2.06. The molecule has 1 atom stereocenters. The van der Waals surface area contributed by atoms with Crippen LogP contribution in [0.3, 0.4) is 0 Å². The zero-order valence-electron chi connectivity index (χ0n) is 7.40. The van der Waals surface area contributed by atoms with Gasteiger partial charge in [0.1, 0.15) is 5.75 Å². The average molecular weight is 261 g/mol. The van der Waals surface area contributed by atoms with E-state index in [-0.39, 0.29) is 15.9 Å². The number of halogens is 1. The van der Waals surface area contributed by atoms with Gasteiger partial charge in [0.25, 0.3) is 5.69 Å². The predicted molar refractivity (Wildman–Crippen MR) is 55.1 cm³/mol. The van der Waals surface area contributed by atoms with Crippen molar-refractivity contribution >= 4 is 21.6 Å². The van der Waals surface area contributed by atoms with Crippen molar-refractivity contribution in [2.75, 3.05) is 0 Å². The van der Waals surface area contributed by atoms with E-state index in [0.717, 1.165) is 0 Å².